The molecule has 0 bridgehead atoms. The van der Waals surface area contributed by atoms with Gasteiger partial charge >= 0.3 is 0 Å². The molecule has 3 rings (SSSR count). The molecule has 0 aliphatic heterocycles. The van der Waals surface area contributed by atoms with Gasteiger partial charge in [-0.05, 0) is 48.5 Å². The van der Waals surface area contributed by atoms with Crippen LogP contribution in [-0.4, -0.2) is 10.9 Å². The van der Waals surface area contributed by atoms with E-state index in [-0.39, 0.29) is 11.5 Å². The lowest BCUT2D eigenvalue weighted by Gasteiger charge is -2.09. The number of hydrogen-bond donors (Lipinski definition) is 1. The number of aliphatic hydroxyl groups is 1. The third-order valence-corrected chi connectivity index (χ3v) is 3.88. The molecule has 25 heavy (non-hydrogen) atoms. The van der Waals surface area contributed by atoms with E-state index in [9.17, 15) is 9.90 Å². The number of nitrogens with zero attached hydrogens (tertiary/aromatic N) is 2. The summed E-state index contributed by atoms with van der Waals surface area (Å²) < 4.78 is 0. The molecule has 0 heterocycles. The van der Waals surface area contributed by atoms with Gasteiger partial charge in [-0.2, -0.15) is 10.5 Å². The largest absolute Gasteiger partial charge is 0.507 e. The van der Waals surface area contributed by atoms with Gasteiger partial charge in [0, 0.05) is 22.3 Å². The van der Waals surface area contributed by atoms with E-state index < -0.39 is 0 Å². The molecule has 0 spiro atoms. The Labute approximate surface area is 144 Å². The maximum atomic E-state index is 12.7. The number of rotatable bonds is 3. The predicted molar refractivity (Wildman–Crippen MR) is 93.4 cm³/mol. The number of nitriles is 2. The molecule has 1 aliphatic rings. The number of ketones is 1. The van der Waals surface area contributed by atoms with E-state index in [1.807, 2.05) is 12.1 Å². The molecule has 2 aromatic rings. The fourth-order valence-electron chi connectivity index (χ4n) is 2.53. The average molecular weight is 324 g/mol. The Morgan fingerprint density at radius 3 is 1.88 bits per heavy atom. The maximum Gasteiger partial charge on any atom is 0.193 e. The van der Waals surface area contributed by atoms with Crippen molar-refractivity contribution in [2.75, 3.05) is 0 Å². The van der Waals surface area contributed by atoms with Gasteiger partial charge in [0.25, 0.3) is 0 Å². The first kappa shape index (κ1) is 16.0. The molecule has 0 saturated carbocycles. The van der Waals surface area contributed by atoms with Crippen LogP contribution in [0, 0.1) is 22.7 Å². The molecule has 0 unspecified atom stereocenters. The summed E-state index contributed by atoms with van der Waals surface area (Å²) in [4.78, 5) is 12.7. The highest BCUT2D eigenvalue weighted by Gasteiger charge is 2.21. The minimum atomic E-state index is -0.232. The topological polar surface area (TPSA) is 84.9 Å². The maximum absolute atomic E-state index is 12.7. The summed E-state index contributed by atoms with van der Waals surface area (Å²) in [6.07, 6.45) is 5.02. The van der Waals surface area contributed by atoms with Gasteiger partial charge < -0.3 is 5.11 Å². The second kappa shape index (κ2) is 6.70. The highest BCUT2D eigenvalue weighted by Crippen LogP contribution is 2.29. The predicted octanol–water partition coefficient (Wildman–Crippen LogP) is 4.08. The molecule has 1 N–H and O–H groups in total. The minimum absolute atomic E-state index is 0.0218. The van der Waals surface area contributed by atoms with Gasteiger partial charge in [-0.25, -0.2) is 0 Å². The quantitative estimate of drug-likeness (QED) is 0.681. The number of aliphatic hydroxyl groups excluding tert-OH is 1. The standard InChI is InChI=1S/C21H12N2O2/c22-12-14-4-8-16(9-5-14)20(24)18-2-1-3-19(18)21(25)17-10-6-15(13-23)7-11-17/h1-11,24H/b20-18-. The van der Waals surface area contributed by atoms with E-state index in [1.165, 1.54) is 0 Å². The van der Waals surface area contributed by atoms with Crippen LogP contribution in [0.25, 0.3) is 5.76 Å². The van der Waals surface area contributed by atoms with Gasteiger partial charge in [-0.3, -0.25) is 4.79 Å². The lowest BCUT2D eigenvalue weighted by atomic mass is 9.96. The first-order chi connectivity index (χ1) is 12.1. The Hall–Kier alpha value is -3.89. The number of carbonyl (C=O) groups excluding carboxylic acids is 1. The lowest BCUT2D eigenvalue weighted by molar-refractivity contribution is 0.103. The van der Waals surface area contributed by atoms with Crippen LogP contribution in [0.2, 0.25) is 0 Å². The van der Waals surface area contributed by atoms with E-state index in [1.54, 1.807) is 66.8 Å². The van der Waals surface area contributed by atoms with Gasteiger partial charge in [0.15, 0.2) is 5.78 Å². The van der Waals surface area contributed by atoms with Crippen molar-refractivity contribution in [2.45, 2.75) is 0 Å². The summed E-state index contributed by atoms with van der Waals surface area (Å²) in [5.74, 6) is -0.254. The molecule has 0 aromatic heterocycles. The van der Waals surface area contributed by atoms with Crippen molar-refractivity contribution < 1.29 is 9.90 Å². The molecule has 0 atom stereocenters. The van der Waals surface area contributed by atoms with Crippen LogP contribution >= 0.6 is 0 Å². The molecule has 0 amide bonds. The molecule has 4 nitrogen and oxygen atoms in total. The molecule has 0 fully saturated rings. The molecule has 0 radical (unpaired) electrons. The Balaban J connectivity index is 1.95. The van der Waals surface area contributed by atoms with Crippen molar-refractivity contribution >= 4 is 11.5 Å². The van der Waals surface area contributed by atoms with Crippen molar-refractivity contribution in [1.29, 1.82) is 10.5 Å². The summed E-state index contributed by atoms with van der Waals surface area (Å²) >= 11 is 0. The van der Waals surface area contributed by atoms with E-state index in [2.05, 4.69) is 0 Å². The highest BCUT2D eigenvalue weighted by atomic mass is 16.3. The molecule has 4 heteroatoms. The fraction of sp³-hybridized carbons (Fsp3) is 0. The zero-order valence-electron chi connectivity index (χ0n) is 13.1. The second-order valence-electron chi connectivity index (χ2n) is 5.41. The SMILES string of the molecule is N#Cc1ccc(C(=O)C2=CC=C/C2=C(/O)c2ccc(C#N)cc2)cc1. The number of carbonyl (C=O) groups is 1. The Morgan fingerprint density at radius 1 is 0.840 bits per heavy atom. The molecule has 0 saturated heterocycles. The minimum Gasteiger partial charge on any atom is -0.507 e. The first-order valence-electron chi connectivity index (χ1n) is 7.51. The average Bonchev–Trinajstić information content (AvgIpc) is 3.16. The monoisotopic (exact) mass is 324 g/mol. The van der Waals surface area contributed by atoms with E-state index in [4.69, 9.17) is 10.5 Å². The summed E-state index contributed by atoms with van der Waals surface area (Å²) in [6.45, 7) is 0. The van der Waals surface area contributed by atoms with Crippen LogP contribution in [-0.2, 0) is 0 Å². The summed E-state index contributed by atoms with van der Waals surface area (Å²) in [5.41, 5.74) is 2.75. The Morgan fingerprint density at radius 2 is 1.36 bits per heavy atom. The molecular formula is C21H12N2O2. The lowest BCUT2D eigenvalue weighted by Crippen LogP contribution is -2.05. The van der Waals surface area contributed by atoms with Crippen LogP contribution in [0.4, 0.5) is 0 Å². The normalized spacial score (nSPS) is 14.4. The highest BCUT2D eigenvalue weighted by molar-refractivity contribution is 6.14. The van der Waals surface area contributed by atoms with Crippen LogP contribution in [0.15, 0.2) is 77.9 Å². The molecular weight excluding hydrogens is 312 g/mol. The van der Waals surface area contributed by atoms with Crippen molar-refractivity contribution in [2.24, 2.45) is 0 Å². The third-order valence-electron chi connectivity index (χ3n) is 3.88. The second-order valence-corrected chi connectivity index (χ2v) is 5.41. The van der Waals surface area contributed by atoms with Crippen molar-refractivity contribution in [3.63, 3.8) is 0 Å². The smallest absolute Gasteiger partial charge is 0.193 e. The Bertz CT molecular complexity index is 1010. The van der Waals surface area contributed by atoms with Gasteiger partial charge in [-0.1, -0.05) is 18.2 Å². The Kier molecular flexibility index (Phi) is 4.28. The van der Waals surface area contributed by atoms with Crippen LogP contribution in [0.1, 0.15) is 27.0 Å². The molecule has 1 aliphatic carbocycles. The zero-order valence-corrected chi connectivity index (χ0v) is 13.1. The first-order valence-corrected chi connectivity index (χ1v) is 7.51. The number of hydrogen-bond acceptors (Lipinski definition) is 4. The number of Topliss-reactive ketones (excluding diaryl/α,β-unsaturated/α-hetero) is 1. The van der Waals surface area contributed by atoms with E-state index in [0.29, 0.717) is 33.4 Å². The van der Waals surface area contributed by atoms with Gasteiger partial charge in [-0.15, -0.1) is 0 Å². The number of benzene rings is 2. The fourth-order valence-corrected chi connectivity index (χ4v) is 2.53. The zero-order chi connectivity index (χ0) is 17.8. The van der Waals surface area contributed by atoms with Crippen molar-refractivity contribution in [3.05, 3.63) is 100 Å². The number of allylic oxidation sites excluding steroid dienone is 5. The van der Waals surface area contributed by atoms with E-state index in [0.717, 1.165) is 0 Å². The van der Waals surface area contributed by atoms with Crippen molar-refractivity contribution in [3.8, 4) is 12.1 Å². The van der Waals surface area contributed by atoms with Crippen LogP contribution in [0.5, 0.6) is 0 Å². The van der Waals surface area contributed by atoms with Gasteiger partial charge in [0.1, 0.15) is 5.76 Å². The molecule has 2 aromatic carbocycles. The summed E-state index contributed by atoms with van der Waals surface area (Å²) in [6, 6.07) is 16.9. The van der Waals surface area contributed by atoms with Crippen molar-refractivity contribution in [1.82, 2.24) is 0 Å². The van der Waals surface area contributed by atoms with Gasteiger partial charge in [0.05, 0.1) is 23.3 Å². The molecule has 118 valence electrons. The summed E-state index contributed by atoms with van der Waals surface area (Å²) in [5, 5.41) is 28.2. The van der Waals surface area contributed by atoms with Crippen LogP contribution < -0.4 is 0 Å². The third kappa shape index (κ3) is 3.10. The summed E-state index contributed by atoms with van der Waals surface area (Å²) in [7, 11) is 0. The van der Waals surface area contributed by atoms with Crippen LogP contribution in [0.3, 0.4) is 0 Å². The van der Waals surface area contributed by atoms with Gasteiger partial charge in [0.2, 0.25) is 0 Å². The van der Waals surface area contributed by atoms with E-state index >= 15 is 0 Å².